The number of benzene rings is 1. The summed E-state index contributed by atoms with van der Waals surface area (Å²) in [5.41, 5.74) is 6.38. The summed E-state index contributed by atoms with van der Waals surface area (Å²) >= 11 is 4.99. The summed E-state index contributed by atoms with van der Waals surface area (Å²) in [6.45, 7) is 1.84. The van der Waals surface area contributed by atoms with Crippen molar-refractivity contribution in [2.45, 2.75) is 11.3 Å². The summed E-state index contributed by atoms with van der Waals surface area (Å²) in [7, 11) is 0. The predicted molar refractivity (Wildman–Crippen MR) is 70.5 cm³/mol. The van der Waals surface area contributed by atoms with Crippen LogP contribution in [0.25, 0.3) is 0 Å². The molecule has 16 heavy (non-hydrogen) atoms. The SMILES string of the molecule is Nc1ccc(SCC(=O)N2CCC2)c(Br)c1. The van der Waals surface area contributed by atoms with Crippen molar-refractivity contribution in [3.05, 3.63) is 22.7 Å². The number of nitrogens with zero attached hydrogens (tertiary/aromatic N) is 1. The fourth-order valence-electron chi connectivity index (χ4n) is 1.43. The van der Waals surface area contributed by atoms with Gasteiger partial charge in [-0.15, -0.1) is 11.8 Å². The molecule has 1 aromatic rings. The van der Waals surface area contributed by atoms with Gasteiger partial charge in [0.15, 0.2) is 0 Å². The predicted octanol–water partition coefficient (Wildman–Crippen LogP) is 2.36. The second-order valence-electron chi connectivity index (χ2n) is 3.71. The van der Waals surface area contributed by atoms with E-state index in [2.05, 4.69) is 15.9 Å². The summed E-state index contributed by atoms with van der Waals surface area (Å²) < 4.78 is 0.953. The Labute approximate surface area is 108 Å². The van der Waals surface area contributed by atoms with E-state index in [0.717, 1.165) is 34.6 Å². The fraction of sp³-hybridized carbons (Fsp3) is 0.364. The van der Waals surface area contributed by atoms with Crippen LogP contribution in [0, 0.1) is 0 Å². The molecule has 0 aliphatic carbocycles. The molecule has 0 bridgehead atoms. The number of carbonyl (C=O) groups excluding carboxylic acids is 1. The molecule has 1 aromatic carbocycles. The van der Waals surface area contributed by atoms with E-state index in [1.165, 1.54) is 0 Å². The standard InChI is InChI=1S/C11H13BrN2OS/c12-9-6-8(13)2-3-10(9)16-7-11(15)14-4-1-5-14/h2-3,6H,1,4-5,7,13H2. The Morgan fingerprint density at radius 3 is 2.81 bits per heavy atom. The van der Waals surface area contributed by atoms with Crippen molar-refractivity contribution in [3.8, 4) is 0 Å². The third kappa shape index (κ3) is 2.71. The van der Waals surface area contributed by atoms with Crippen LogP contribution < -0.4 is 5.73 Å². The normalized spacial score (nSPS) is 14.7. The van der Waals surface area contributed by atoms with Crippen LogP contribution in [0.1, 0.15) is 6.42 Å². The number of hydrogen-bond acceptors (Lipinski definition) is 3. The number of hydrogen-bond donors (Lipinski definition) is 1. The number of anilines is 1. The van der Waals surface area contributed by atoms with Gasteiger partial charge >= 0.3 is 0 Å². The van der Waals surface area contributed by atoms with Crippen LogP contribution in [0.2, 0.25) is 0 Å². The molecule has 3 nitrogen and oxygen atoms in total. The molecule has 0 saturated carbocycles. The summed E-state index contributed by atoms with van der Waals surface area (Å²) in [6, 6.07) is 5.64. The maximum atomic E-state index is 11.6. The van der Waals surface area contributed by atoms with Crippen molar-refractivity contribution in [2.24, 2.45) is 0 Å². The van der Waals surface area contributed by atoms with Crippen molar-refractivity contribution < 1.29 is 4.79 Å². The minimum Gasteiger partial charge on any atom is -0.399 e. The average molecular weight is 301 g/mol. The van der Waals surface area contributed by atoms with Gasteiger partial charge in [0.2, 0.25) is 5.91 Å². The molecule has 5 heteroatoms. The van der Waals surface area contributed by atoms with Crippen molar-refractivity contribution in [1.82, 2.24) is 4.90 Å². The molecule has 86 valence electrons. The quantitative estimate of drug-likeness (QED) is 0.688. The average Bonchev–Trinajstić information content (AvgIpc) is 2.13. The van der Waals surface area contributed by atoms with Gasteiger partial charge < -0.3 is 10.6 Å². The zero-order chi connectivity index (χ0) is 11.5. The van der Waals surface area contributed by atoms with Gasteiger partial charge in [0, 0.05) is 28.1 Å². The lowest BCUT2D eigenvalue weighted by Gasteiger charge is -2.30. The van der Waals surface area contributed by atoms with Crippen LogP contribution in [0.3, 0.4) is 0 Å². The van der Waals surface area contributed by atoms with Crippen LogP contribution >= 0.6 is 27.7 Å². The first-order valence-electron chi connectivity index (χ1n) is 5.12. The van der Waals surface area contributed by atoms with Crippen molar-refractivity contribution in [2.75, 3.05) is 24.6 Å². The van der Waals surface area contributed by atoms with Gasteiger partial charge in [0.1, 0.15) is 0 Å². The summed E-state index contributed by atoms with van der Waals surface area (Å²) in [5, 5.41) is 0. The van der Waals surface area contributed by atoms with Crippen LogP contribution in [0.15, 0.2) is 27.6 Å². The minimum absolute atomic E-state index is 0.222. The molecular weight excluding hydrogens is 288 g/mol. The Bertz CT molecular complexity index is 407. The lowest BCUT2D eigenvalue weighted by atomic mass is 10.2. The second-order valence-corrected chi connectivity index (χ2v) is 5.58. The third-order valence-corrected chi connectivity index (χ3v) is 4.49. The number of nitrogen functional groups attached to an aromatic ring is 1. The van der Waals surface area contributed by atoms with Gasteiger partial charge in [0.25, 0.3) is 0 Å². The van der Waals surface area contributed by atoms with Gasteiger partial charge in [-0.3, -0.25) is 4.79 Å². The largest absolute Gasteiger partial charge is 0.399 e. The molecule has 1 fully saturated rings. The molecule has 2 rings (SSSR count). The van der Waals surface area contributed by atoms with Crippen molar-refractivity contribution >= 4 is 39.3 Å². The lowest BCUT2D eigenvalue weighted by molar-refractivity contribution is -0.131. The molecule has 1 heterocycles. The van der Waals surface area contributed by atoms with Crippen molar-refractivity contribution in [1.29, 1.82) is 0 Å². The molecule has 1 aliphatic rings. The zero-order valence-electron chi connectivity index (χ0n) is 8.78. The van der Waals surface area contributed by atoms with Gasteiger partial charge in [-0.05, 0) is 40.5 Å². The molecule has 0 atom stereocenters. The Balaban J connectivity index is 1.91. The number of halogens is 1. The maximum Gasteiger partial charge on any atom is 0.232 e. The monoisotopic (exact) mass is 300 g/mol. The first-order valence-corrected chi connectivity index (χ1v) is 6.90. The number of nitrogens with two attached hydrogens (primary N) is 1. The molecule has 0 radical (unpaired) electrons. The molecule has 0 unspecified atom stereocenters. The molecule has 1 saturated heterocycles. The molecule has 0 spiro atoms. The highest BCUT2D eigenvalue weighted by atomic mass is 79.9. The van der Waals surface area contributed by atoms with E-state index in [0.29, 0.717) is 5.75 Å². The highest BCUT2D eigenvalue weighted by Crippen LogP contribution is 2.29. The van der Waals surface area contributed by atoms with E-state index in [4.69, 9.17) is 5.73 Å². The molecule has 2 N–H and O–H groups in total. The lowest BCUT2D eigenvalue weighted by Crippen LogP contribution is -2.43. The summed E-state index contributed by atoms with van der Waals surface area (Å²) in [5.74, 6) is 0.725. The molecular formula is C11H13BrN2OS. The van der Waals surface area contributed by atoms with Gasteiger partial charge in [-0.1, -0.05) is 0 Å². The van der Waals surface area contributed by atoms with Crippen LogP contribution in [-0.4, -0.2) is 29.6 Å². The van der Waals surface area contributed by atoms with E-state index in [1.54, 1.807) is 11.8 Å². The fourth-order valence-corrected chi connectivity index (χ4v) is 2.99. The van der Waals surface area contributed by atoms with Crippen LogP contribution in [-0.2, 0) is 4.79 Å². The first-order chi connectivity index (χ1) is 7.66. The molecule has 1 aliphatic heterocycles. The van der Waals surface area contributed by atoms with E-state index in [9.17, 15) is 4.79 Å². The maximum absolute atomic E-state index is 11.6. The van der Waals surface area contributed by atoms with Crippen LogP contribution in [0.5, 0.6) is 0 Å². The van der Waals surface area contributed by atoms with E-state index < -0.39 is 0 Å². The second kappa shape index (κ2) is 5.10. The van der Waals surface area contributed by atoms with E-state index in [1.807, 2.05) is 23.1 Å². The molecule has 1 amide bonds. The van der Waals surface area contributed by atoms with Gasteiger partial charge in [-0.2, -0.15) is 0 Å². The van der Waals surface area contributed by atoms with E-state index in [-0.39, 0.29) is 5.91 Å². The number of rotatable bonds is 3. The highest BCUT2D eigenvalue weighted by molar-refractivity contribution is 9.10. The Kier molecular flexibility index (Phi) is 3.76. The Morgan fingerprint density at radius 1 is 1.50 bits per heavy atom. The smallest absolute Gasteiger partial charge is 0.232 e. The number of likely N-dealkylation sites (tertiary alicyclic amines) is 1. The van der Waals surface area contributed by atoms with Crippen molar-refractivity contribution in [3.63, 3.8) is 0 Å². The Hall–Kier alpha value is -0.680. The Morgan fingerprint density at radius 2 is 2.25 bits per heavy atom. The molecule has 0 aromatic heterocycles. The summed E-state index contributed by atoms with van der Waals surface area (Å²) in [4.78, 5) is 14.6. The highest BCUT2D eigenvalue weighted by Gasteiger charge is 2.19. The zero-order valence-corrected chi connectivity index (χ0v) is 11.2. The minimum atomic E-state index is 0.222. The van der Waals surface area contributed by atoms with Gasteiger partial charge in [-0.25, -0.2) is 0 Å². The van der Waals surface area contributed by atoms with Crippen LogP contribution in [0.4, 0.5) is 5.69 Å². The van der Waals surface area contributed by atoms with E-state index >= 15 is 0 Å². The number of carbonyl (C=O) groups is 1. The first kappa shape index (κ1) is 11.8. The summed E-state index contributed by atoms with van der Waals surface area (Å²) in [6.07, 6.45) is 1.14. The topological polar surface area (TPSA) is 46.3 Å². The third-order valence-electron chi connectivity index (χ3n) is 2.52. The number of thioether (sulfide) groups is 1. The van der Waals surface area contributed by atoms with Gasteiger partial charge in [0.05, 0.1) is 5.75 Å². The number of amides is 1.